The summed E-state index contributed by atoms with van der Waals surface area (Å²) >= 11 is 9.18. The Hall–Kier alpha value is -3.44. The van der Waals surface area contributed by atoms with Gasteiger partial charge in [-0.2, -0.15) is 0 Å². The normalized spacial score (nSPS) is 14.0. The van der Waals surface area contributed by atoms with Crippen LogP contribution in [-0.4, -0.2) is 43.1 Å². The number of ether oxygens (including phenoxy) is 4. The molecule has 1 aliphatic rings. The van der Waals surface area contributed by atoms with Crippen molar-refractivity contribution in [1.82, 2.24) is 0 Å². The highest BCUT2D eigenvalue weighted by Crippen LogP contribution is 2.37. The highest BCUT2D eigenvalue weighted by atomic mass is 79.9. The highest BCUT2D eigenvalue weighted by molar-refractivity contribution is 9.10. The van der Waals surface area contributed by atoms with Crippen LogP contribution in [0.3, 0.4) is 0 Å². The molecule has 2 aromatic carbocycles. The number of nitro groups is 1. The van der Waals surface area contributed by atoms with Crippen LogP contribution < -0.4 is 9.47 Å². The van der Waals surface area contributed by atoms with Crippen LogP contribution in [0.5, 0.6) is 11.5 Å². The molecule has 1 heterocycles. The molecule has 0 saturated carbocycles. The summed E-state index contributed by atoms with van der Waals surface area (Å²) in [5, 5.41) is 11.1. The largest absolute Gasteiger partial charge is 0.493 e. The number of benzene rings is 2. The SMILES string of the molecule is CCOC(=O)COc1c(Br)cc(/C=C2\N=C(c3ccc(Cl)c([N+](=O)[O-])c3)OC2=O)cc1OC. The van der Waals surface area contributed by atoms with Crippen molar-refractivity contribution in [2.24, 2.45) is 4.99 Å². The van der Waals surface area contributed by atoms with Gasteiger partial charge in [0.05, 0.1) is 23.1 Å². The molecule has 0 saturated heterocycles. The third-order valence-electron chi connectivity index (χ3n) is 4.21. The zero-order chi connectivity index (χ0) is 24.1. The van der Waals surface area contributed by atoms with Gasteiger partial charge in [0.25, 0.3) is 5.69 Å². The number of cyclic esters (lactones) is 1. The molecule has 0 aliphatic carbocycles. The fourth-order valence-corrected chi connectivity index (χ4v) is 3.53. The summed E-state index contributed by atoms with van der Waals surface area (Å²) in [6.45, 7) is 1.61. The Morgan fingerprint density at radius 1 is 1.33 bits per heavy atom. The molecule has 12 heteroatoms. The van der Waals surface area contributed by atoms with Crippen LogP contribution in [0.1, 0.15) is 18.1 Å². The molecule has 0 atom stereocenters. The third-order valence-corrected chi connectivity index (χ3v) is 5.11. The summed E-state index contributed by atoms with van der Waals surface area (Å²) in [6, 6.07) is 7.16. The highest BCUT2D eigenvalue weighted by Gasteiger charge is 2.26. The molecule has 0 N–H and O–H groups in total. The van der Waals surface area contributed by atoms with Crippen LogP contribution in [0.25, 0.3) is 6.08 Å². The van der Waals surface area contributed by atoms with Gasteiger partial charge in [-0.25, -0.2) is 14.6 Å². The van der Waals surface area contributed by atoms with E-state index in [1.807, 2.05) is 0 Å². The number of nitro benzene ring substituents is 1. The lowest BCUT2D eigenvalue weighted by molar-refractivity contribution is -0.384. The lowest BCUT2D eigenvalue weighted by Crippen LogP contribution is -2.15. The first-order valence-electron chi connectivity index (χ1n) is 9.36. The Kier molecular flexibility index (Phi) is 7.67. The predicted octanol–water partition coefficient (Wildman–Crippen LogP) is 4.31. The number of aliphatic imine (C=N–C) groups is 1. The average molecular weight is 540 g/mol. The molecule has 0 aromatic heterocycles. The number of hydrogen-bond acceptors (Lipinski definition) is 9. The number of halogens is 2. The fourth-order valence-electron chi connectivity index (χ4n) is 2.77. The van der Waals surface area contributed by atoms with E-state index in [1.54, 1.807) is 19.1 Å². The van der Waals surface area contributed by atoms with Gasteiger partial charge in [-0.1, -0.05) is 11.6 Å². The number of carbonyl (C=O) groups excluding carboxylic acids is 2. The van der Waals surface area contributed by atoms with Gasteiger partial charge in [0.2, 0.25) is 5.90 Å². The lowest BCUT2D eigenvalue weighted by Gasteiger charge is -2.13. The van der Waals surface area contributed by atoms with Crippen molar-refractivity contribution < 1.29 is 33.5 Å². The van der Waals surface area contributed by atoms with Crippen molar-refractivity contribution in [2.45, 2.75) is 6.92 Å². The molecule has 33 heavy (non-hydrogen) atoms. The van der Waals surface area contributed by atoms with Crippen LogP contribution in [0.4, 0.5) is 5.69 Å². The van der Waals surface area contributed by atoms with E-state index in [4.69, 9.17) is 30.5 Å². The van der Waals surface area contributed by atoms with E-state index >= 15 is 0 Å². The Balaban J connectivity index is 1.89. The maximum atomic E-state index is 12.3. The van der Waals surface area contributed by atoms with E-state index in [0.29, 0.717) is 15.8 Å². The first-order valence-corrected chi connectivity index (χ1v) is 10.5. The number of methoxy groups -OCH3 is 1. The van der Waals surface area contributed by atoms with Crippen molar-refractivity contribution in [1.29, 1.82) is 0 Å². The second kappa shape index (κ2) is 10.5. The van der Waals surface area contributed by atoms with Crippen molar-refractivity contribution in [3.05, 3.63) is 66.8 Å². The van der Waals surface area contributed by atoms with E-state index in [2.05, 4.69) is 20.9 Å². The smallest absolute Gasteiger partial charge is 0.363 e. The molecule has 0 bridgehead atoms. The van der Waals surface area contributed by atoms with Gasteiger partial charge in [-0.15, -0.1) is 0 Å². The van der Waals surface area contributed by atoms with Crippen molar-refractivity contribution >= 4 is 57.1 Å². The van der Waals surface area contributed by atoms with E-state index in [9.17, 15) is 19.7 Å². The van der Waals surface area contributed by atoms with Crippen molar-refractivity contribution in [2.75, 3.05) is 20.3 Å². The van der Waals surface area contributed by atoms with Gasteiger partial charge in [-0.05, 0) is 58.8 Å². The maximum absolute atomic E-state index is 12.3. The molecule has 172 valence electrons. The predicted molar refractivity (Wildman–Crippen MR) is 122 cm³/mol. The summed E-state index contributed by atoms with van der Waals surface area (Å²) in [5.74, 6) is -0.786. The fraction of sp³-hybridized carbons (Fsp3) is 0.190. The van der Waals surface area contributed by atoms with Gasteiger partial charge in [0, 0.05) is 11.6 Å². The number of hydrogen-bond donors (Lipinski definition) is 0. The summed E-state index contributed by atoms with van der Waals surface area (Å²) in [7, 11) is 1.42. The minimum absolute atomic E-state index is 0.0308. The van der Waals surface area contributed by atoms with Crippen molar-refractivity contribution in [3.8, 4) is 11.5 Å². The number of esters is 2. The summed E-state index contributed by atoms with van der Waals surface area (Å²) in [5.41, 5.74) is 0.375. The molecular formula is C21H16BrClN2O8. The quantitative estimate of drug-likeness (QED) is 0.210. The van der Waals surface area contributed by atoms with Gasteiger partial charge >= 0.3 is 11.9 Å². The summed E-state index contributed by atoms with van der Waals surface area (Å²) < 4.78 is 21.3. The molecule has 0 unspecified atom stereocenters. The van der Waals surface area contributed by atoms with E-state index in [-0.39, 0.29) is 46.8 Å². The summed E-state index contributed by atoms with van der Waals surface area (Å²) in [4.78, 5) is 38.5. The number of carbonyl (C=O) groups is 2. The van der Waals surface area contributed by atoms with E-state index < -0.39 is 16.9 Å². The molecular weight excluding hydrogens is 524 g/mol. The maximum Gasteiger partial charge on any atom is 0.363 e. The molecule has 2 aromatic rings. The molecule has 3 rings (SSSR count). The Bertz CT molecular complexity index is 1200. The van der Waals surface area contributed by atoms with Gasteiger partial charge in [0.15, 0.2) is 23.8 Å². The van der Waals surface area contributed by atoms with E-state index in [0.717, 1.165) is 0 Å². The Labute approximate surface area is 201 Å². The molecule has 10 nitrogen and oxygen atoms in total. The van der Waals surface area contributed by atoms with Crippen LogP contribution >= 0.6 is 27.5 Å². The average Bonchev–Trinajstić information content (AvgIpc) is 3.13. The molecule has 0 fully saturated rings. The minimum atomic E-state index is -0.736. The molecule has 0 amide bonds. The zero-order valence-electron chi connectivity index (χ0n) is 17.3. The number of nitrogens with zero attached hydrogens (tertiary/aromatic N) is 2. The molecule has 0 radical (unpaired) electrons. The van der Waals surface area contributed by atoms with Gasteiger partial charge in [-0.3, -0.25) is 10.1 Å². The van der Waals surface area contributed by atoms with Crippen LogP contribution in [0, 0.1) is 10.1 Å². The van der Waals surface area contributed by atoms with Crippen LogP contribution in [0.2, 0.25) is 5.02 Å². The standard InChI is InChI=1S/C21H16BrClN2O8/c1-3-31-18(26)10-32-19-13(22)6-11(8-17(19)30-2)7-15-21(27)33-20(24-15)12-4-5-14(23)16(9-12)25(28)29/h4-9H,3,10H2,1-2H3/b15-7-. The Morgan fingerprint density at radius 2 is 2.09 bits per heavy atom. The number of rotatable bonds is 8. The Morgan fingerprint density at radius 3 is 2.76 bits per heavy atom. The van der Waals surface area contributed by atoms with Gasteiger partial charge in [0.1, 0.15) is 5.02 Å². The monoisotopic (exact) mass is 538 g/mol. The van der Waals surface area contributed by atoms with Crippen LogP contribution in [-0.2, 0) is 19.1 Å². The lowest BCUT2D eigenvalue weighted by atomic mass is 10.1. The second-order valence-electron chi connectivity index (χ2n) is 6.39. The van der Waals surface area contributed by atoms with Gasteiger partial charge < -0.3 is 18.9 Å². The third kappa shape index (κ3) is 5.68. The summed E-state index contributed by atoms with van der Waals surface area (Å²) in [6.07, 6.45) is 1.45. The first kappa shape index (κ1) is 24.2. The van der Waals surface area contributed by atoms with E-state index in [1.165, 1.54) is 31.4 Å². The van der Waals surface area contributed by atoms with Crippen LogP contribution in [0.15, 0.2) is 45.5 Å². The second-order valence-corrected chi connectivity index (χ2v) is 7.65. The topological polar surface area (TPSA) is 127 Å². The zero-order valence-corrected chi connectivity index (χ0v) is 19.6. The molecule has 1 aliphatic heterocycles. The first-order chi connectivity index (χ1) is 15.7. The molecule has 0 spiro atoms. The van der Waals surface area contributed by atoms with Crippen molar-refractivity contribution in [3.63, 3.8) is 0 Å². The minimum Gasteiger partial charge on any atom is -0.493 e.